The van der Waals surface area contributed by atoms with Crippen molar-refractivity contribution in [3.63, 3.8) is 0 Å². The van der Waals surface area contributed by atoms with Crippen LogP contribution in [0.3, 0.4) is 0 Å². The third-order valence-corrected chi connectivity index (χ3v) is 1.54. The Bertz CT molecular complexity index is 358. The third kappa shape index (κ3) is 0.797. The summed E-state index contributed by atoms with van der Waals surface area (Å²) in [5, 5.41) is 25.3. The van der Waals surface area contributed by atoms with Crippen LogP contribution in [-0.4, -0.2) is 20.4 Å². The van der Waals surface area contributed by atoms with Crippen molar-refractivity contribution in [2.45, 2.75) is 0 Å². The number of fused-ring (bicyclic) bond motifs is 1. The highest BCUT2D eigenvalue weighted by molar-refractivity contribution is 5.81. The number of aromatic nitrogens is 2. The molecule has 0 bridgehead atoms. The lowest BCUT2D eigenvalue weighted by Gasteiger charge is -1.94. The van der Waals surface area contributed by atoms with Gasteiger partial charge in [-0.2, -0.15) is 5.10 Å². The van der Waals surface area contributed by atoms with Crippen LogP contribution in [0.15, 0.2) is 18.3 Å². The van der Waals surface area contributed by atoms with Gasteiger partial charge in [-0.1, -0.05) is 0 Å². The highest BCUT2D eigenvalue weighted by atomic mass is 16.3. The zero-order chi connectivity index (χ0) is 7.84. The van der Waals surface area contributed by atoms with Crippen molar-refractivity contribution in [3.8, 4) is 11.5 Å². The van der Waals surface area contributed by atoms with E-state index in [1.54, 1.807) is 6.20 Å². The number of benzene rings is 1. The zero-order valence-corrected chi connectivity index (χ0v) is 5.57. The quantitative estimate of drug-likeness (QED) is 0.490. The molecule has 0 aliphatic rings. The van der Waals surface area contributed by atoms with Crippen molar-refractivity contribution in [3.05, 3.63) is 18.3 Å². The van der Waals surface area contributed by atoms with E-state index in [0.717, 1.165) is 5.39 Å². The first-order chi connectivity index (χ1) is 5.27. The Hall–Kier alpha value is -1.71. The lowest BCUT2D eigenvalue weighted by molar-refractivity contribution is 0.405. The number of phenolic OH excluding ortho intramolecular Hbond substituents is 2. The SMILES string of the molecule is Oc1cc2cn[nH]c2cc1O. The fraction of sp³-hybridized carbons (Fsp3) is 0. The topological polar surface area (TPSA) is 69.1 Å². The number of nitrogens with zero attached hydrogens (tertiary/aromatic N) is 1. The zero-order valence-electron chi connectivity index (χ0n) is 5.57. The Balaban J connectivity index is 2.86. The van der Waals surface area contributed by atoms with E-state index in [9.17, 15) is 0 Å². The molecule has 56 valence electrons. The maximum Gasteiger partial charge on any atom is 0.159 e. The molecule has 0 saturated heterocycles. The average molecular weight is 150 g/mol. The molecule has 4 heteroatoms. The average Bonchev–Trinajstić information content (AvgIpc) is 2.36. The summed E-state index contributed by atoms with van der Waals surface area (Å²) in [4.78, 5) is 0. The van der Waals surface area contributed by atoms with Gasteiger partial charge in [0, 0.05) is 11.5 Å². The lowest BCUT2D eigenvalue weighted by atomic mass is 10.2. The van der Waals surface area contributed by atoms with Gasteiger partial charge in [0.1, 0.15) is 0 Å². The number of nitrogens with one attached hydrogen (secondary N) is 1. The lowest BCUT2D eigenvalue weighted by Crippen LogP contribution is -1.70. The summed E-state index contributed by atoms with van der Waals surface area (Å²) < 4.78 is 0. The Labute approximate surface area is 62.1 Å². The fourth-order valence-corrected chi connectivity index (χ4v) is 0.968. The molecule has 4 nitrogen and oxygen atoms in total. The molecular formula is C7H6N2O2. The summed E-state index contributed by atoms with van der Waals surface area (Å²) in [5.74, 6) is -0.263. The third-order valence-electron chi connectivity index (χ3n) is 1.54. The summed E-state index contributed by atoms with van der Waals surface area (Å²) >= 11 is 0. The van der Waals surface area contributed by atoms with Crippen LogP contribution in [0.25, 0.3) is 10.9 Å². The van der Waals surface area contributed by atoms with Gasteiger partial charge in [-0.3, -0.25) is 5.10 Å². The van der Waals surface area contributed by atoms with Crippen LogP contribution in [-0.2, 0) is 0 Å². The Morgan fingerprint density at radius 2 is 1.91 bits per heavy atom. The molecule has 1 aromatic carbocycles. The fourth-order valence-electron chi connectivity index (χ4n) is 0.968. The maximum absolute atomic E-state index is 9.04. The molecule has 0 radical (unpaired) electrons. The summed E-state index contributed by atoms with van der Waals surface area (Å²) in [6.45, 7) is 0. The van der Waals surface area contributed by atoms with Crippen molar-refractivity contribution in [2.24, 2.45) is 0 Å². The van der Waals surface area contributed by atoms with E-state index in [1.165, 1.54) is 12.1 Å². The van der Waals surface area contributed by atoms with Gasteiger partial charge in [0.2, 0.25) is 0 Å². The number of aromatic amines is 1. The molecular weight excluding hydrogens is 144 g/mol. The van der Waals surface area contributed by atoms with E-state index >= 15 is 0 Å². The molecule has 1 aromatic heterocycles. The second-order valence-corrected chi connectivity index (χ2v) is 2.30. The van der Waals surface area contributed by atoms with Crippen LogP contribution in [0.1, 0.15) is 0 Å². The van der Waals surface area contributed by atoms with Crippen molar-refractivity contribution >= 4 is 10.9 Å². The maximum atomic E-state index is 9.04. The molecule has 0 unspecified atom stereocenters. The van der Waals surface area contributed by atoms with E-state index in [-0.39, 0.29) is 11.5 Å². The molecule has 0 atom stereocenters. The number of aromatic hydroxyl groups is 2. The molecule has 0 aliphatic carbocycles. The second-order valence-electron chi connectivity index (χ2n) is 2.30. The molecule has 0 fully saturated rings. The number of H-pyrrole nitrogens is 1. The molecule has 0 saturated carbocycles. The Morgan fingerprint density at radius 1 is 1.18 bits per heavy atom. The molecule has 0 amide bonds. The van der Waals surface area contributed by atoms with E-state index < -0.39 is 0 Å². The van der Waals surface area contributed by atoms with Gasteiger partial charge < -0.3 is 10.2 Å². The molecule has 3 N–H and O–H groups in total. The minimum atomic E-state index is -0.137. The first-order valence-corrected chi connectivity index (χ1v) is 3.12. The van der Waals surface area contributed by atoms with Crippen LogP contribution in [0, 0.1) is 0 Å². The summed E-state index contributed by atoms with van der Waals surface area (Å²) in [5.41, 5.74) is 0.709. The number of hydrogen-bond donors (Lipinski definition) is 3. The molecule has 11 heavy (non-hydrogen) atoms. The first-order valence-electron chi connectivity index (χ1n) is 3.12. The largest absolute Gasteiger partial charge is 0.504 e. The number of phenols is 2. The Kier molecular flexibility index (Phi) is 1.03. The van der Waals surface area contributed by atoms with E-state index in [1.807, 2.05) is 0 Å². The molecule has 0 spiro atoms. The summed E-state index contributed by atoms with van der Waals surface area (Å²) in [6, 6.07) is 2.88. The van der Waals surface area contributed by atoms with E-state index in [4.69, 9.17) is 10.2 Å². The summed E-state index contributed by atoms with van der Waals surface area (Å²) in [6.07, 6.45) is 1.58. The predicted octanol–water partition coefficient (Wildman–Crippen LogP) is 0.974. The molecule has 2 rings (SSSR count). The van der Waals surface area contributed by atoms with Crippen molar-refractivity contribution in [1.29, 1.82) is 0 Å². The van der Waals surface area contributed by atoms with E-state index in [2.05, 4.69) is 10.2 Å². The highest BCUT2D eigenvalue weighted by Gasteiger charge is 2.01. The molecule has 2 aromatic rings. The van der Waals surface area contributed by atoms with Gasteiger partial charge in [-0.15, -0.1) is 0 Å². The van der Waals surface area contributed by atoms with E-state index in [0.29, 0.717) is 5.52 Å². The second kappa shape index (κ2) is 1.88. The highest BCUT2D eigenvalue weighted by Crippen LogP contribution is 2.28. The monoisotopic (exact) mass is 150 g/mol. The van der Waals surface area contributed by atoms with Crippen molar-refractivity contribution in [1.82, 2.24) is 10.2 Å². The summed E-state index contributed by atoms with van der Waals surface area (Å²) in [7, 11) is 0. The Morgan fingerprint density at radius 3 is 2.73 bits per heavy atom. The minimum absolute atomic E-state index is 0.126. The van der Waals surface area contributed by atoms with Gasteiger partial charge in [-0.25, -0.2) is 0 Å². The number of hydrogen-bond acceptors (Lipinski definition) is 3. The predicted molar refractivity (Wildman–Crippen MR) is 39.4 cm³/mol. The van der Waals surface area contributed by atoms with Crippen LogP contribution < -0.4 is 0 Å². The van der Waals surface area contributed by atoms with Crippen LogP contribution in [0.4, 0.5) is 0 Å². The molecule has 0 aliphatic heterocycles. The van der Waals surface area contributed by atoms with Crippen LogP contribution in [0.5, 0.6) is 11.5 Å². The smallest absolute Gasteiger partial charge is 0.159 e. The molecule has 1 heterocycles. The van der Waals surface area contributed by atoms with Crippen LogP contribution in [0.2, 0.25) is 0 Å². The van der Waals surface area contributed by atoms with Gasteiger partial charge >= 0.3 is 0 Å². The van der Waals surface area contributed by atoms with Crippen molar-refractivity contribution < 1.29 is 10.2 Å². The standard InChI is InChI=1S/C7H6N2O2/c10-6-1-4-3-8-9-5(4)2-7(6)11/h1-3,10-11H,(H,8,9). The van der Waals surface area contributed by atoms with Gasteiger partial charge in [0.15, 0.2) is 11.5 Å². The van der Waals surface area contributed by atoms with Gasteiger partial charge in [0.25, 0.3) is 0 Å². The minimum Gasteiger partial charge on any atom is -0.504 e. The van der Waals surface area contributed by atoms with Gasteiger partial charge in [-0.05, 0) is 6.07 Å². The normalized spacial score (nSPS) is 10.5. The van der Waals surface area contributed by atoms with Crippen LogP contribution >= 0.6 is 0 Å². The first kappa shape index (κ1) is 6.03. The number of rotatable bonds is 0. The van der Waals surface area contributed by atoms with Gasteiger partial charge in [0.05, 0.1) is 11.7 Å². The van der Waals surface area contributed by atoms with Crippen molar-refractivity contribution in [2.75, 3.05) is 0 Å².